The molecule has 18 heavy (non-hydrogen) atoms. The molecule has 0 aliphatic carbocycles. The van der Waals surface area contributed by atoms with Gasteiger partial charge >= 0.3 is 0 Å². The number of benzene rings is 1. The van der Waals surface area contributed by atoms with Crippen LogP contribution in [0.25, 0.3) is 0 Å². The minimum Gasteiger partial charge on any atom is -0.317 e. The van der Waals surface area contributed by atoms with Gasteiger partial charge in [-0.1, -0.05) is 19.1 Å². The molecule has 100 valence electrons. The Hall–Kier alpha value is -0.930. The lowest BCUT2D eigenvalue weighted by atomic mass is 9.87. The van der Waals surface area contributed by atoms with Gasteiger partial charge in [0, 0.05) is 25.2 Å². The van der Waals surface area contributed by atoms with E-state index in [2.05, 4.69) is 24.1 Å². The van der Waals surface area contributed by atoms with E-state index in [1.807, 2.05) is 13.1 Å². The maximum atomic E-state index is 13.2. The molecule has 1 aromatic rings. The lowest BCUT2D eigenvalue weighted by molar-refractivity contribution is 0.0810. The molecule has 0 aromatic heterocycles. The molecule has 1 aliphatic heterocycles. The van der Waals surface area contributed by atoms with E-state index in [0.29, 0.717) is 18.0 Å². The monoisotopic (exact) mass is 250 g/mol. The molecule has 0 saturated carbocycles. The van der Waals surface area contributed by atoms with Gasteiger partial charge in [0.1, 0.15) is 5.82 Å². The predicted molar refractivity (Wildman–Crippen MR) is 72.9 cm³/mol. The van der Waals surface area contributed by atoms with Crippen molar-refractivity contribution in [1.29, 1.82) is 0 Å². The van der Waals surface area contributed by atoms with E-state index in [1.165, 1.54) is 6.07 Å². The Morgan fingerprint density at radius 3 is 2.83 bits per heavy atom. The lowest BCUT2D eigenvalue weighted by Crippen LogP contribution is -2.52. The van der Waals surface area contributed by atoms with Crippen molar-refractivity contribution in [3.8, 4) is 0 Å². The molecule has 3 atom stereocenters. The molecule has 1 aromatic carbocycles. The number of nitrogens with zero attached hydrogens (tertiary/aromatic N) is 1. The first-order valence-corrected chi connectivity index (χ1v) is 6.77. The van der Waals surface area contributed by atoms with Gasteiger partial charge in [-0.15, -0.1) is 0 Å². The van der Waals surface area contributed by atoms with E-state index in [4.69, 9.17) is 0 Å². The van der Waals surface area contributed by atoms with Crippen molar-refractivity contribution in [3.63, 3.8) is 0 Å². The summed E-state index contributed by atoms with van der Waals surface area (Å²) < 4.78 is 13.2. The highest BCUT2D eigenvalue weighted by Crippen LogP contribution is 2.25. The van der Waals surface area contributed by atoms with Gasteiger partial charge in [-0.05, 0) is 44.0 Å². The van der Waals surface area contributed by atoms with Gasteiger partial charge in [-0.3, -0.25) is 4.90 Å². The Kier molecular flexibility index (Phi) is 4.36. The van der Waals surface area contributed by atoms with Gasteiger partial charge in [-0.25, -0.2) is 4.39 Å². The Labute approximate surface area is 109 Å². The van der Waals surface area contributed by atoms with Gasteiger partial charge in [0.2, 0.25) is 0 Å². The molecule has 3 heteroatoms. The van der Waals surface area contributed by atoms with E-state index in [0.717, 1.165) is 25.1 Å². The molecule has 2 nitrogen and oxygen atoms in total. The summed E-state index contributed by atoms with van der Waals surface area (Å²) in [7, 11) is 2.04. The van der Waals surface area contributed by atoms with Gasteiger partial charge in [0.05, 0.1) is 0 Å². The maximum absolute atomic E-state index is 13.2. The minimum atomic E-state index is -0.140. The summed E-state index contributed by atoms with van der Waals surface area (Å²) >= 11 is 0. The van der Waals surface area contributed by atoms with Gasteiger partial charge in [-0.2, -0.15) is 0 Å². The van der Waals surface area contributed by atoms with E-state index in [9.17, 15) is 4.39 Å². The second kappa shape index (κ2) is 5.81. The zero-order chi connectivity index (χ0) is 13.1. The third-order valence-electron chi connectivity index (χ3n) is 4.34. The second-order valence-electron chi connectivity index (χ2n) is 5.38. The van der Waals surface area contributed by atoms with Crippen LogP contribution in [-0.2, 0) is 6.54 Å². The molecule has 1 fully saturated rings. The zero-order valence-corrected chi connectivity index (χ0v) is 11.5. The van der Waals surface area contributed by atoms with Crippen molar-refractivity contribution in [2.24, 2.45) is 5.92 Å². The van der Waals surface area contributed by atoms with Crippen LogP contribution in [0, 0.1) is 11.7 Å². The van der Waals surface area contributed by atoms with Crippen LogP contribution in [0.15, 0.2) is 24.3 Å². The van der Waals surface area contributed by atoms with Crippen LogP contribution in [-0.4, -0.2) is 30.6 Å². The highest BCUT2D eigenvalue weighted by molar-refractivity contribution is 5.16. The van der Waals surface area contributed by atoms with Crippen LogP contribution < -0.4 is 5.32 Å². The molecule has 1 N–H and O–H groups in total. The maximum Gasteiger partial charge on any atom is 0.123 e. The summed E-state index contributed by atoms with van der Waals surface area (Å²) in [4.78, 5) is 2.45. The molecule has 0 bridgehead atoms. The Balaban J connectivity index is 2.02. The molecule has 1 saturated heterocycles. The Bertz CT molecular complexity index is 394. The second-order valence-corrected chi connectivity index (χ2v) is 5.38. The summed E-state index contributed by atoms with van der Waals surface area (Å²) in [6.07, 6.45) is 1.16. The smallest absolute Gasteiger partial charge is 0.123 e. The van der Waals surface area contributed by atoms with E-state index in [1.54, 1.807) is 12.1 Å². The average Bonchev–Trinajstić information content (AvgIpc) is 2.35. The molecule has 0 spiro atoms. The fourth-order valence-electron chi connectivity index (χ4n) is 2.94. The molecule has 2 rings (SSSR count). The molecule has 1 heterocycles. The normalized spacial score (nSPS) is 29.4. The van der Waals surface area contributed by atoms with Crippen molar-refractivity contribution in [2.75, 3.05) is 13.6 Å². The highest BCUT2D eigenvalue weighted by atomic mass is 19.1. The van der Waals surface area contributed by atoms with Gasteiger partial charge < -0.3 is 5.32 Å². The summed E-state index contributed by atoms with van der Waals surface area (Å²) in [6, 6.07) is 8.07. The first-order valence-electron chi connectivity index (χ1n) is 6.77. The quantitative estimate of drug-likeness (QED) is 0.887. The minimum absolute atomic E-state index is 0.140. The Morgan fingerprint density at radius 2 is 2.17 bits per heavy atom. The number of rotatable bonds is 3. The first-order chi connectivity index (χ1) is 8.61. The van der Waals surface area contributed by atoms with Crippen LogP contribution >= 0.6 is 0 Å². The largest absolute Gasteiger partial charge is 0.317 e. The third kappa shape index (κ3) is 2.90. The molecule has 0 amide bonds. The van der Waals surface area contributed by atoms with Crippen molar-refractivity contribution >= 4 is 0 Å². The topological polar surface area (TPSA) is 15.3 Å². The SMILES string of the molecule is CNC1CCN(Cc2cccc(F)c2)C(C)C1C. The number of hydrogen-bond acceptors (Lipinski definition) is 2. The van der Waals surface area contributed by atoms with Crippen molar-refractivity contribution in [3.05, 3.63) is 35.6 Å². The van der Waals surface area contributed by atoms with Gasteiger partial charge in [0.15, 0.2) is 0 Å². The fraction of sp³-hybridized carbons (Fsp3) is 0.600. The predicted octanol–water partition coefficient (Wildman–Crippen LogP) is 2.64. The average molecular weight is 250 g/mol. The highest BCUT2D eigenvalue weighted by Gasteiger charge is 2.31. The summed E-state index contributed by atoms with van der Waals surface area (Å²) in [6.45, 7) is 6.49. The number of nitrogens with one attached hydrogen (secondary N) is 1. The van der Waals surface area contributed by atoms with Crippen LogP contribution in [0.4, 0.5) is 4.39 Å². The molecule has 1 aliphatic rings. The third-order valence-corrected chi connectivity index (χ3v) is 4.34. The number of likely N-dealkylation sites (tertiary alicyclic amines) is 1. The fourth-order valence-corrected chi connectivity index (χ4v) is 2.94. The van der Waals surface area contributed by atoms with Crippen molar-refractivity contribution in [1.82, 2.24) is 10.2 Å². The van der Waals surface area contributed by atoms with Gasteiger partial charge in [0.25, 0.3) is 0 Å². The van der Waals surface area contributed by atoms with E-state index in [-0.39, 0.29) is 5.82 Å². The lowest BCUT2D eigenvalue weighted by Gasteiger charge is -2.42. The van der Waals surface area contributed by atoms with Crippen LogP contribution in [0.2, 0.25) is 0 Å². The number of piperidine rings is 1. The molecule has 3 unspecified atom stereocenters. The van der Waals surface area contributed by atoms with Crippen LogP contribution in [0.5, 0.6) is 0 Å². The molecular weight excluding hydrogens is 227 g/mol. The number of hydrogen-bond donors (Lipinski definition) is 1. The van der Waals surface area contributed by atoms with Crippen LogP contribution in [0.3, 0.4) is 0 Å². The number of halogens is 1. The van der Waals surface area contributed by atoms with Crippen molar-refractivity contribution < 1.29 is 4.39 Å². The molecular formula is C15H23FN2. The zero-order valence-electron chi connectivity index (χ0n) is 11.5. The summed E-state index contributed by atoms with van der Waals surface area (Å²) in [5.41, 5.74) is 1.07. The van der Waals surface area contributed by atoms with E-state index >= 15 is 0 Å². The van der Waals surface area contributed by atoms with Crippen molar-refractivity contribution in [2.45, 2.75) is 38.9 Å². The van der Waals surface area contributed by atoms with Crippen LogP contribution in [0.1, 0.15) is 25.8 Å². The first kappa shape index (κ1) is 13.5. The standard InChI is InChI=1S/C15H23FN2/c1-11-12(2)18(8-7-15(11)17-3)10-13-5-4-6-14(16)9-13/h4-6,9,11-12,15,17H,7-8,10H2,1-3H3. The summed E-state index contributed by atoms with van der Waals surface area (Å²) in [5, 5.41) is 3.39. The Morgan fingerprint density at radius 1 is 1.39 bits per heavy atom. The van der Waals surface area contributed by atoms with E-state index < -0.39 is 0 Å². The summed E-state index contributed by atoms with van der Waals surface area (Å²) in [5.74, 6) is 0.482. The molecule has 0 radical (unpaired) electrons.